The maximum atomic E-state index is 3.59. The van der Waals surface area contributed by atoms with Crippen molar-refractivity contribution in [2.45, 2.75) is 20.3 Å². The number of rotatable bonds is 0. The molecule has 1 aliphatic carbocycles. The number of hydrogen-bond acceptors (Lipinski definition) is 0. The van der Waals surface area contributed by atoms with Crippen LogP contribution < -0.4 is 0 Å². The molecule has 0 heterocycles. The van der Waals surface area contributed by atoms with E-state index >= 15 is 0 Å². The van der Waals surface area contributed by atoms with Gasteiger partial charge in [-0.1, -0.05) is 33.6 Å². The van der Waals surface area contributed by atoms with Crippen molar-refractivity contribution in [3.05, 3.63) is 38.9 Å². The fraction of sp³-hybridized carbons (Fsp3) is 0.273. The summed E-state index contributed by atoms with van der Waals surface area (Å²) < 4.78 is 1.26. The van der Waals surface area contributed by atoms with Crippen LogP contribution in [0.1, 0.15) is 23.6 Å². The Balaban J connectivity index is 2.61. The molecule has 0 saturated carbocycles. The van der Waals surface area contributed by atoms with Crippen molar-refractivity contribution < 1.29 is 0 Å². The molecule has 1 aromatic rings. The minimum Gasteiger partial charge on any atom is -0.0683 e. The highest BCUT2D eigenvalue weighted by Crippen LogP contribution is 2.31. The Hall–Kier alpha value is -0.560. The van der Waals surface area contributed by atoms with E-state index in [-0.39, 0.29) is 0 Å². The molecule has 62 valence electrons. The highest BCUT2D eigenvalue weighted by Gasteiger charge is 2.12. The Morgan fingerprint density at radius 3 is 2.75 bits per heavy atom. The second-order valence-electron chi connectivity index (χ2n) is 3.48. The molecule has 1 aromatic carbocycles. The smallest absolute Gasteiger partial charge is 0.0219 e. The summed E-state index contributed by atoms with van der Waals surface area (Å²) in [6.07, 6.45) is 3.38. The molecule has 0 aromatic heterocycles. The van der Waals surface area contributed by atoms with Crippen molar-refractivity contribution in [3.63, 3.8) is 0 Å². The first-order valence-electron chi connectivity index (χ1n) is 4.13. The van der Waals surface area contributed by atoms with E-state index in [4.69, 9.17) is 0 Å². The third-order valence-corrected chi connectivity index (χ3v) is 2.94. The van der Waals surface area contributed by atoms with Crippen LogP contribution in [0.15, 0.2) is 22.2 Å². The second kappa shape index (κ2) is 2.74. The first-order chi connectivity index (χ1) is 5.66. The van der Waals surface area contributed by atoms with E-state index in [1.54, 1.807) is 0 Å². The zero-order chi connectivity index (χ0) is 8.72. The number of allylic oxidation sites excluding steroid dienone is 1. The summed E-state index contributed by atoms with van der Waals surface area (Å²) >= 11 is 3.59. The van der Waals surface area contributed by atoms with Crippen LogP contribution in [0.4, 0.5) is 0 Å². The van der Waals surface area contributed by atoms with Gasteiger partial charge in [0.1, 0.15) is 0 Å². The highest BCUT2D eigenvalue weighted by molar-refractivity contribution is 9.10. The van der Waals surface area contributed by atoms with E-state index in [1.165, 1.54) is 26.7 Å². The molecule has 1 heteroatoms. The van der Waals surface area contributed by atoms with Crippen LogP contribution in [0.25, 0.3) is 6.08 Å². The molecule has 0 saturated heterocycles. The predicted octanol–water partition coefficient (Wildman–Crippen LogP) is 3.72. The Kier molecular flexibility index (Phi) is 1.84. The fourth-order valence-electron chi connectivity index (χ4n) is 1.71. The molecule has 0 unspecified atom stereocenters. The average molecular weight is 223 g/mol. The molecule has 0 N–H and O–H groups in total. The van der Waals surface area contributed by atoms with Crippen LogP contribution in [0.3, 0.4) is 0 Å². The molecular weight excluding hydrogens is 212 g/mol. The second-order valence-corrected chi connectivity index (χ2v) is 4.34. The van der Waals surface area contributed by atoms with Gasteiger partial charge in [0.2, 0.25) is 0 Å². The molecule has 0 atom stereocenters. The van der Waals surface area contributed by atoms with Gasteiger partial charge in [0.25, 0.3) is 0 Å². The summed E-state index contributed by atoms with van der Waals surface area (Å²) in [5.74, 6) is 0. The van der Waals surface area contributed by atoms with Gasteiger partial charge in [0, 0.05) is 4.47 Å². The summed E-state index contributed by atoms with van der Waals surface area (Å²) in [6, 6.07) is 4.43. The van der Waals surface area contributed by atoms with Crippen LogP contribution in [-0.4, -0.2) is 0 Å². The molecule has 0 aliphatic heterocycles. The van der Waals surface area contributed by atoms with Crippen molar-refractivity contribution >= 4 is 22.0 Å². The van der Waals surface area contributed by atoms with E-state index in [1.807, 2.05) is 0 Å². The number of aryl methyl sites for hydroxylation is 1. The average Bonchev–Trinajstić information content (AvgIpc) is 2.29. The van der Waals surface area contributed by atoms with Gasteiger partial charge >= 0.3 is 0 Å². The van der Waals surface area contributed by atoms with E-state index < -0.39 is 0 Å². The maximum Gasteiger partial charge on any atom is 0.0219 e. The summed E-state index contributed by atoms with van der Waals surface area (Å²) in [7, 11) is 0. The minimum atomic E-state index is 1.11. The van der Waals surface area contributed by atoms with Crippen molar-refractivity contribution in [2.75, 3.05) is 0 Å². The molecule has 0 amide bonds. The number of hydrogen-bond donors (Lipinski definition) is 0. The highest BCUT2D eigenvalue weighted by atomic mass is 79.9. The lowest BCUT2D eigenvalue weighted by atomic mass is 10.1. The molecule has 0 nitrogen and oxygen atoms in total. The quantitative estimate of drug-likeness (QED) is 0.628. The molecule has 0 fully saturated rings. The van der Waals surface area contributed by atoms with Crippen molar-refractivity contribution in [1.82, 2.24) is 0 Å². The molecule has 0 radical (unpaired) electrons. The number of benzene rings is 1. The molecule has 1 aliphatic rings. The van der Waals surface area contributed by atoms with Gasteiger partial charge in [0.05, 0.1) is 0 Å². The zero-order valence-electron chi connectivity index (χ0n) is 7.32. The standard InChI is InChI=1S/C11H11Br/c1-7-3-9-4-8(2)6-11(12)10(9)5-7/h3-4,6H,5H2,1-2H3. The van der Waals surface area contributed by atoms with Gasteiger partial charge in [-0.25, -0.2) is 0 Å². The van der Waals surface area contributed by atoms with Crippen LogP contribution in [0.5, 0.6) is 0 Å². The normalized spacial score (nSPS) is 14.4. The first kappa shape index (κ1) is 8.06. The lowest BCUT2D eigenvalue weighted by Gasteiger charge is -2.03. The Bertz CT molecular complexity index is 362. The van der Waals surface area contributed by atoms with Crippen molar-refractivity contribution in [1.29, 1.82) is 0 Å². The van der Waals surface area contributed by atoms with Crippen molar-refractivity contribution in [2.24, 2.45) is 0 Å². The fourth-order valence-corrected chi connectivity index (χ4v) is 2.44. The molecule has 0 spiro atoms. The van der Waals surface area contributed by atoms with E-state index in [9.17, 15) is 0 Å². The molecule has 0 bridgehead atoms. The first-order valence-corrected chi connectivity index (χ1v) is 4.92. The van der Waals surface area contributed by atoms with Crippen LogP contribution in [0, 0.1) is 6.92 Å². The lowest BCUT2D eigenvalue weighted by molar-refractivity contribution is 1.18. The third kappa shape index (κ3) is 1.22. The van der Waals surface area contributed by atoms with Gasteiger partial charge < -0.3 is 0 Å². The third-order valence-electron chi connectivity index (χ3n) is 2.23. The van der Waals surface area contributed by atoms with Gasteiger partial charge in [-0.2, -0.15) is 0 Å². The Labute approximate surface area is 81.4 Å². The molecule has 2 rings (SSSR count). The van der Waals surface area contributed by atoms with Crippen LogP contribution in [0.2, 0.25) is 0 Å². The maximum absolute atomic E-state index is 3.59. The van der Waals surface area contributed by atoms with E-state index in [0.29, 0.717) is 0 Å². The van der Waals surface area contributed by atoms with Gasteiger partial charge in [-0.15, -0.1) is 0 Å². The summed E-state index contributed by atoms with van der Waals surface area (Å²) in [5.41, 5.74) is 5.61. The Morgan fingerprint density at radius 1 is 1.25 bits per heavy atom. The van der Waals surface area contributed by atoms with Crippen LogP contribution in [-0.2, 0) is 6.42 Å². The van der Waals surface area contributed by atoms with Gasteiger partial charge in [-0.3, -0.25) is 0 Å². The predicted molar refractivity (Wildman–Crippen MR) is 56.2 cm³/mol. The van der Waals surface area contributed by atoms with E-state index in [2.05, 4.69) is 48.0 Å². The lowest BCUT2D eigenvalue weighted by Crippen LogP contribution is -1.86. The van der Waals surface area contributed by atoms with Gasteiger partial charge in [0.15, 0.2) is 0 Å². The monoisotopic (exact) mass is 222 g/mol. The Morgan fingerprint density at radius 2 is 2.00 bits per heavy atom. The van der Waals surface area contributed by atoms with E-state index in [0.717, 1.165) is 6.42 Å². The van der Waals surface area contributed by atoms with Crippen LogP contribution >= 0.6 is 15.9 Å². The molecular formula is C11H11Br. The van der Waals surface area contributed by atoms with Gasteiger partial charge in [-0.05, 0) is 43.0 Å². The number of fused-ring (bicyclic) bond motifs is 1. The van der Waals surface area contributed by atoms with Crippen molar-refractivity contribution in [3.8, 4) is 0 Å². The summed E-state index contributed by atoms with van der Waals surface area (Å²) in [6.45, 7) is 4.31. The number of halogens is 1. The molecule has 12 heavy (non-hydrogen) atoms. The summed E-state index contributed by atoms with van der Waals surface area (Å²) in [4.78, 5) is 0. The zero-order valence-corrected chi connectivity index (χ0v) is 8.90. The summed E-state index contributed by atoms with van der Waals surface area (Å²) in [5, 5.41) is 0. The minimum absolute atomic E-state index is 1.11. The largest absolute Gasteiger partial charge is 0.0683 e. The topological polar surface area (TPSA) is 0 Å². The SMILES string of the molecule is CC1=Cc2cc(C)cc(Br)c2C1.